The molecule has 1 aliphatic heterocycles. The minimum atomic E-state index is -0.0430. The Bertz CT molecular complexity index is 732. The fourth-order valence-corrected chi connectivity index (χ4v) is 2.80. The summed E-state index contributed by atoms with van der Waals surface area (Å²) in [6, 6.07) is 7.41. The molecule has 0 saturated carbocycles. The van der Waals surface area contributed by atoms with Gasteiger partial charge in [0.25, 0.3) is 5.56 Å². The first-order valence-corrected chi connectivity index (χ1v) is 7.58. The van der Waals surface area contributed by atoms with E-state index in [-0.39, 0.29) is 11.7 Å². The van der Waals surface area contributed by atoms with Gasteiger partial charge in [-0.05, 0) is 37.2 Å². The lowest BCUT2D eigenvalue weighted by atomic mass is 10.2. The van der Waals surface area contributed by atoms with Crippen LogP contribution >= 0.6 is 12.2 Å². The number of fused-ring (bicyclic) bond motifs is 1. The Hall–Kier alpha value is -1.50. The van der Waals surface area contributed by atoms with E-state index < -0.39 is 0 Å². The van der Waals surface area contributed by atoms with Crippen molar-refractivity contribution in [3.63, 3.8) is 0 Å². The number of hydrogen-bond donors (Lipinski definition) is 1. The molecule has 0 spiro atoms. The predicted molar refractivity (Wildman–Crippen MR) is 83.2 cm³/mol. The van der Waals surface area contributed by atoms with Gasteiger partial charge >= 0.3 is 0 Å². The van der Waals surface area contributed by atoms with Gasteiger partial charge in [0.05, 0.1) is 23.6 Å². The second kappa shape index (κ2) is 6.51. The Kier molecular flexibility index (Phi) is 4.48. The number of ether oxygens (including phenoxy) is 2. The van der Waals surface area contributed by atoms with Crippen molar-refractivity contribution in [1.29, 1.82) is 0 Å². The number of benzene rings is 1. The first kappa shape index (κ1) is 14.4. The van der Waals surface area contributed by atoms with E-state index in [9.17, 15) is 4.79 Å². The third kappa shape index (κ3) is 3.23. The average molecular weight is 306 g/mol. The van der Waals surface area contributed by atoms with Crippen molar-refractivity contribution < 1.29 is 9.47 Å². The Morgan fingerprint density at radius 1 is 1.43 bits per heavy atom. The smallest absolute Gasteiger partial charge is 0.262 e. The lowest BCUT2D eigenvalue weighted by Crippen LogP contribution is -2.23. The van der Waals surface area contributed by atoms with Crippen LogP contribution in [0.5, 0.6) is 0 Å². The van der Waals surface area contributed by atoms with Crippen molar-refractivity contribution in [2.75, 3.05) is 19.8 Å². The summed E-state index contributed by atoms with van der Waals surface area (Å²) in [4.78, 5) is 15.5. The molecule has 1 aromatic carbocycles. The molecular weight excluding hydrogens is 288 g/mol. The average Bonchev–Trinajstić information content (AvgIpc) is 2.99. The maximum atomic E-state index is 12.4. The second-order valence-corrected chi connectivity index (χ2v) is 5.53. The van der Waals surface area contributed by atoms with Crippen LogP contribution in [0.15, 0.2) is 29.1 Å². The van der Waals surface area contributed by atoms with Crippen LogP contribution in [0.3, 0.4) is 0 Å². The molecular formula is C15H18N2O3S. The summed E-state index contributed by atoms with van der Waals surface area (Å²) in [5, 5.41) is 0.663. The maximum absolute atomic E-state index is 12.4. The number of para-hydroxylation sites is 1. The van der Waals surface area contributed by atoms with Crippen molar-refractivity contribution in [3.05, 3.63) is 39.4 Å². The maximum Gasteiger partial charge on any atom is 0.262 e. The molecule has 1 fully saturated rings. The summed E-state index contributed by atoms with van der Waals surface area (Å²) in [7, 11) is 0. The van der Waals surface area contributed by atoms with E-state index in [0.717, 1.165) is 25.0 Å². The minimum absolute atomic E-state index is 0.0430. The van der Waals surface area contributed by atoms with E-state index in [1.807, 2.05) is 24.3 Å². The molecule has 1 aliphatic rings. The van der Waals surface area contributed by atoms with Crippen molar-refractivity contribution in [2.24, 2.45) is 0 Å². The summed E-state index contributed by atoms with van der Waals surface area (Å²) in [6.45, 7) is 2.63. The zero-order chi connectivity index (χ0) is 14.7. The van der Waals surface area contributed by atoms with Crippen molar-refractivity contribution in [3.8, 4) is 0 Å². The van der Waals surface area contributed by atoms with Gasteiger partial charge in [-0.15, -0.1) is 0 Å². The van der Waals surface area contributed by atoms with Crippen LogP contribution in [0.25, 0.3) is 10.9 Å². The Morgan fingerprint density at radius 3 is 3.10 bits per heavy atom. The molecule has 1 unspecified atom stereocenters. The van der Waals surface area contributed by atoms with Crippen LogP contribution in [-0.2, 0) is 16.0 Å². The van der Waals surface area contributed by atoms with Gasteiger partial charge in [-0.2, -0.15) is 0 Å². The summed E-state index contributed by atoms with van der Waals surface area (Å²) in [5.74, 6) is 0. The van der Waals surface area contributed by atoms with Crippen LogP contribution in [0.1, 0.15) is 12.8 Å². The lowest BCUT2D eigenvalue weighted by molar-refractivity contribution is 0.0398. The van der Waals surface area contributed by atoms with E-state index in [4.69, 9.17) is 21.7 Å². The van der Waals surface area contributed by atoms with Crippen molar-refractivity contribution in [1.82, 2.24) is 9.55 Å². The summed E-state index contributed by atoms with van der Waals surface area (Å²) < 4.78 is 13.0. The molecule has 21 heavy (non-hydrogen) atoms. The summed E-state index contributed by atoms with van der Waals surface area (Å²) in [6.07, 6.45) is 1.91. The second-order valence-electron chi connectivity index (χ2n) is 5.14. The number of H-pyrrole nitrogens is 1. The van der Waals surface area contributed by atoms with E-state index in [1.54, 1.807) is 4.57 Å². The summed E-state index contributed by atoms with van der Waals surface area (Å²) >= 11 is 5.27. The highest BCUT2D eigenvalue weighted by Gasteiger charge is 2.15. The fourth-order valence-electron chi connectivity index (χ4n) is 2.52. The number of nitrogens with zero attached hydrogens (tertiary/aromatic N) is 1. The normalized spacial score (nSPS) is 18.4. The molecule has 1 N–H and O–H groups in total. The molecule has 6 heteroatoms. The molecule has 1 aromatic heterocycles. The molecule has 1 saturated heterocycles. The molecule has 3 rings (SSSR count). The number of nitrogens with one attached hydrogen (secondary N) is 1. The van der Waals surface area contributed by atoms with Crippen LogP contribution in [-0.4, -0.2) is 35.5 Å². The number of rotatable bonds is 5. The molecule has 5 nitrogen and oxygen atoms in total. The zero-order valence-electron chi connectivity index (χ0n) is 11.7. The van der Waals surface area contributed by atoms with Crippen LogP contribution in [0, 0.1) is 4.77 Å². The standard InChI is InChI=1S/C15H18N2O3S/c18-14-12-4-1-2-5-13(12)16-15(21)17(14)7-3-8-20-11-6-9-19-10-11/h1-2,4-5,11H,3,6-10H2,(H,16,21). The lowest BCUT2D eigenvalue weighted by Gasteiger charge is -2.11. The Morgan fingerprint density at radius 2 is 2.29 bits per heavy atom. The topological polar surface area (TPSA) is 56.2 Å². The van der Waals surface area contributed by atoms with Crippen molar-refractivity contribution >= 4 is 23.1 Å². The van der Waals surface area contributed by atoms with E-state index in [2.05, 4.69) is 4.98 Å². The zero-order valence-corrected chi connectivity index (χ0v) is 12.5. The van der Waals surface area contributed by atoms with Crippen LogP contribution in [0.4, 0.5) is 0 Å². The summed E-state index contributed by atoms with van der Waals surface area (Å²) in [5.41, 5.74) is 0.738. The first-order valence-electron chi connectivity index (χ1n) is 7.17. The van der Waals surface area contributed by atoms with Gasteiger partial charge in [0.2, 0.25) is 0 Å². The largest absolute Gasteiger partial charge is 0.379 e. The van der Waals surface area contributed by atoms with Gasteiger partial charge in [-0.3, -0.25) is 9.36 Å². The van der Waals surface area contributed by atoms with Gasteiger partial charge in [0.15, 0.2) is 4.77 Å². The highest BCUT2D eigenvalue weighted by Crippen LogP contribution is 2.09. The highest BCUT2D eigenvalue weighted by atomic mass is 32.1. The van der Waals surface area contributed by atoms with E-state index in [0.29, 0.717) is 29.9 Å². The van der Waals surface area contributed by atoms with Gasteiger partial charge in [-0.25, -0.2) is 0 Å². The molecule has 0 aliphatic carbocycles. The third-order valence-corrected chi connectivity index (χ3v) is 3.98. The van der Waals surface area contributed by atoms with Crippen LogP contribution in [0.2, 0.25) is 0 Å². The third-order valence-electron chi connectivity index (χ3n) is 3.66. The molecule has 2 aromatic rings. The highest BCUT2D eigenvalue weighted by molar-refractivity contribution is 7.71. The van der Waals surface area contributed by atoms with E-state index in [1.165, 1.54) is 0 Å². The Labute approximate surface area is 127 Å². The number of aromatic amines is 1. The quantitative estimate of drug-likeness (QED) is 0.680. The molecule has 112 valence electrons. The molecule has 1 atom stereocenters. The minimum Gasteiger partial charge on any atom is -0.379 e. The SMILES string of the molecule is O=c1c2ccccc2[nH]c(=S)n1CCCOC1CCOC1. The Balaban J connectivity index is 1.69. The van der Waals surface area contributed by atoms with Gasteiger partial charge < -0.3 is 14.5 Å². The van der Waals surface area contributed by atoms with Crippen LogP contribution < -0.4 is 5.56 Å². The monoisotopic (exact) mass is 306 g/mol. The van der Waals surface area contributed by atoms with Gasteiger partial charge in [0, 0.05) is 19.8 Å². The van der Waals surface area contributed by atoms with Gasteiger partial charge in [-0.1, -0.05) is 12.1 Å². The first-order chi connectivity index (χ1) is 10.3. The van der Waals surface area contributed by atoms with Gasteiger partial charge in [0.1, 0.15) is 0 Å². The number of aromatic nitrogens is 2. The molecule has 2 heterocycles. The molecule has 0 bridgehead atoms. The molecule has 0 radical (unpaired) electrons. The predicted octanol–water partition coefficient (Wildman–Crippen LogP) is 2.25. The molecule has 0 amide bonds. The number of hydrogen-bond acceptors (Lipinski definition) is 4. The van der Waals surface area contributed by atoms with E-state index >= 15 is 0 Å². The fraction of sp³-hybridized carbons (Fsp3) is 0.467. The van der Waals surface area contributed by atoms with Crippen molar-refractivity contribution in [2.45, 2.75) is 25.5 Å².